The number of anilines is 1. The third-order valence-electron chi connectivity index (χ3n) is 2.53. The molecule has 0 aliphatic carbocycles. The number of rotatable bonds is 7. The van der Waals surface area contributed by atoms with Gasteiger partial charge in [-0.25, -0.2) is 8.42 Å². The second kappa shape index (κ2) is 7.04. The smallest absolute Gasteiger partial charge is 0.303 e. The summed E-state index contributed by atoms with van der Waals surface area (Å²) in [6.45, 7) is 0.171. The van der Waals surface area contributed by atoms with Gasteiger partial charge in [-0.3, -0.25) is 9.59 Å². The maximum Gasteiger partial charge on any atom is 0.303 e. The minimum Gasteiger partial charge on any atom is -0.481 e. The molecule has 1 rings (SSSR count). The van der Waals surface area contributed by atoms with Gasteiger partial charge < -0.3 is 10.0 Å². The monoisotopic (exact) mass is 299 g/mol. The van der Waals surface area contributed by atoms with Crippen molar-refractivity contribution in [2.75, 3.05) is 23.5 Å². The quantitative estimate of drug-likeness (QED) is 0.808. The fraction of sp³-hybridized carbons (Fsp3) is 0.385. The van der Waals surface area contributed by atoms with Gasteiger partial charge in [-0.15, -0.1) is 0 Å². The predicted molar refractivity (Wildman–Crippen MR) is 75.4 cm³/mol. The number of aliphatic carboxylic acids is 1. The van der Waals surface area contributed by atoms with Gasteiger partial charge in [0.25, 0.3) is 0 Å². The normalized spacial score (nSPS) is 11.1. The molecule has 1 N–H and O–H groups in total. The van der Waals surface area contributed by atoms with Gasteiger partial charge in [0.15, 0.2) is 9.84 Å². The molecule has 110 valence electrons. The molecule has 0 spiro atoms. The van der Waals surface area contributed by atoms with Gasteiger partial charge in [0.05, 0.1) is 0 Å². The lowest BCUT2D eigenvalue weighted by molar-refractivity contribution is -0.137. The SMILES string of the molecule is CS(=O)(=O)CC(=O)N(CCCC(=O)O)c1ccccc1. The lowest BCUT2D eigenvalue weighted by Gasteiger charge is -2.22. The van der Waals surface area contributed by atoms with Crippen molar-refractivity contribution < 1.29 is 23.1 Å². The molecule has 0 bridgehead atoms. The van der Waals surface area contributed by atoms with Gasteiger partial charge in [0.2, 0.25) is 5.91 Å². The lowest BCUT2D eigenvalue weighted by atomic mass is 10.2. The number of hydrogen-bond acceptors (Lipinski definition) is 4. The molecule has 1 aromatic carbocycles. The zero-order chi connectivity index (χ0) is 15.2. The summed E-state index contributed by atoms with van der Waals surface area (Å²) in [5.41, 5.74) is 0.562. The van der Waals surface area contributed by atoms with E-state index in [0.29, 0.717) is 5.69 Å². The van der Waals surface area contributed by atoms with E-state index in [9.17, 15) is 18.0 Å². The first-order chi connectivity index (χ1) is 9.29. The Labute approximate surface area is 117 Å². The third-order valence-corrected chi connectivity index (χ3v) is 3.30. The number of carboxylic acids is 1. The summed E-state index contributed by atoms with van der Waals surface area (Å²) < 4.78 is 22.4. The zero-order valence-electron chi connectivity index (χ0n) is 11.2. The molecule has 0 unspecified atom stereocenters. The summed E-state index contributed by atoms with van der Waals surface area (Å²) in [7, 11) is -3.43. The largest absolute Gasteiger partial charge is 0.481 e. The molecular weight excluding hydrogens is 282 g/mol. The number of carboxylic acid groups (broad SMARTS) is 1. The van der Waals surface area contributed by atoms with Gasteiger partial charge >= 0.3 is 5.97 Å². The highest BCUT2D eigenvalue weighted by Crippen LogP contribution is 2.15. The Morgan fingerprint density at radius 1 is 1.20 bits per heavy atom. The molecule has 1 aromatic rings. The first-order valence-corrected chi connectivity index (χ1v) is 8.10. The molecule has 0 aromatic heterocycles. The first-order valence-electron chi connectivity index (χ1n) is 6.04. The number of carbonyl (C=O) groups is 2. The van der Waals surface area contributed by atoms with Crippen LogP contribution in [0.2, 0.25) is 0 Å². The molecule has 0 fully saturated rings. The van der Waals surface area contributed by atoms with Crippen molar-refractivity contribution in [2.45, 2.75) is 12.8 Å². The van der Waals surface area contributed by atoms with E-state index in [4.69, 9.17) is 5.11 Å². The Morgan fingerprint density at radius 2 is 1.80 bits per heavy atom. The summed E-state index contributed by atoms with van der Waals surface area (Å²) in [4.78, 5) is 23.9. The first kappa shape index (κ1) is 16.2. The average molecular weight is 299 g/mol. The van der Waals surface area contributed by atoms with Crippen LogP contribution in [0.25, 0.3) is 0 Å². The van der Waals surface area contributed by atoms with Crippen molar-refractivity contribution in [1.82, 2.24) is 0 Å². The van der Waals surface area contributed by atoms with E-state index < -0.39 is 27.5 Å². The minimum absolute atomic E-state index is 0.0739. The van der Waals surface area contributed by atoms with Crippen LogP contribution in [0.4, 0.5) is 5.69 Å². The molecule has 0 saturated heterocycles. The van der Waals surface area contributed by atoms with Gasteiger partial charge in [-0.1, -0.05) is 18.2 Å². The molecule has 7 heteroatoms. The van der Waals surface area contributed by atoms with Crippen LogP contribution in [-0.2, 0) is 19.4 Å². The van der Waals surface area contributed by atoms with Gasteiger partial charge in [0.1, 0.15) is 5.75 Å². The van der Waals surface area contributed by atoms with Crippen molar-refractivity contribution >= 4 is 27.4 Å². The van der Waals surface area contributed by atoms with Crippen LogP contribution in [0.1, 0.15) is 12.8 Å². The number of para-hydroxylation sites is 1. The van der Waals surface area contributed by atoms with Crippen LogP contribution in [0.5, 0.6) is 0 Å². The summed E-state index contributed by atoms with van der Waals surface area (Å²) in [6.07, 6.45) is 1.18. The Bertz CT molecular complexity index is 568. The molecule has 0 aliphatic heterocycles. The van der Waals surface area contributed by atoms with Crippen LogP contribution in [-0.4, -0.2) is 44.0 Å². The molecule has 0 radical (unpaired) electrons. The van der Waals surface area contributed by atoms with E-state index in [1.807, 2.05) is 0 Å². The molecule has 0 saturated carbocycles. The predicted octanol–water partition coefficient (Wildman–Crippen LogP) is 0.929. The molecule has 0 heterocycles. The number of amides is 1. The number of hydrogen-bond donors (Lipinski definition) is 1. The maximum absolute atomic E-state index is 12.0. The Hall–Kier alpha value is -1.89. The molecule has 0 atom stereocenters. The van der Waals surface area contributed by atoms with Crippen LogP contribution < -0.4 is 4.90 Å². The highest BCUT2D eigenvalue weighted by Gasteiger charge is 2.20. The summed E-state index contributed by atoms with van der Waals surface area (Å²) in [5.74, 6) is -2.09. The average Bonchev–Trinajstić information content (AvgIpc) is 2.33. The van der Waals surface area contributed by atoms with Crippen LogP contribution in [0.15, 0.2) is 30.3 Å². The Balaban J connectivity index is 2.84. The van der Waals surface area contributed by atoms with E-state index in [2.05, 4.69) is 0 Å². The van der Waals surface area contributed by atoms with Crippen LogP contribution >= 0.6 is 0 Å². The van der Waals surface area contributed by atoms with Crippen LogP contribution in [0, 0.1) is 0 Å². The highest BCUT2D eigenvalue weighted by atomic mass is 32.2. The summed E-state index contributed by atoms with van der Waals surface area (Å²) >= 11 is 0. The number of benzene rings is 1. The summed E-state index contributed by atoms with van der Waals surface area (Å²) in [5, 5.41) is 8.62. The van der Waals surface area contributed by atoms with Crippen molar-refractivity contribution in [3.05, 3.63) is 30.3 Å². The number of nitrogens with zero attached hydrogens (tertiary/aromatic N) is 1. The Kier molecular flexibility index (Phi) is 5.69. The molecule has 6 nitrogen and oxygen atoms in total. The molecule has 1 amide bonds. The van der Waals surface area contributed by atoms with Gasteiger partial charge in [-0.2, -0.15) is 0 Å². The summed E-state index contributed by atoms with van der Waals surface area (Å²) in [6, 6.07) is 8.60. The standard InChI is InChI=1S/C13H17NO5S/c1-20(18,19)10-12(15)14(9-5-8-13(16)17)11-6-3-2-4-7-11/h2-4,6-7H,5,8-10H2,1H3,(H,16,17). The molecule has 0 aliphatic rings. The van der Waals surface area contributed by atoms with Crippen molar-refractivity contribution in [3.63, 3.8) is 0 Å². The lowest BCUT2D eigenvalue weighted by Crippen LogP contribution is -2.36. The molecule has 20 heavy (non-hydrogen) atoms. The fourth-order valence-electron chi connectivity index (χ4n) is 1.70. The van der Waals surface area contributed by atoms with E-state index in [-0.39, 0.29) is 19.4 Å². The second-order valence-electron chi connectivity index (χ2n) is 4.45. The minimum atomic E-state index is -3.43. The Morgan fingerprint density at radius 3 is 2.30 bits per heavy atom. The highest BCUT2D eigenvalue weighted by molar-refractivity contribution is 7.91. The van der Waals surface area contributed by atoms with Gasteiger partial charge in [0, 0.05) is 24.9 Å². The van der Waals surface area contributed by atoms with Crippen molar-refractivity contribution in [2.24, 2.45) is 0 Å². The fourth-order valence-corrected chi connectivity index (χ4v) is 2.30. The number of carbonyl (C=O) groups excluding carboxylic acids is 1. The maximum atomic E-state index is 12.0. The molecular formula is C13H17NO5S. The van der Waals surface area contributed by atoms with Crippen LogP contribution in [0.3, 0.4) is 0 Å². The van der Waals surface area contributed by atoms with E-state index >= 15 is 0 Å². The van der Waals surface area contributed by atoms with E-state index in [1.165, 1.54) is 4.90 Å². The topological polar surface area (TPSA) is 91.8 Å². The third kappa shape index (κ3) is 5.83. The second-order valence-corrected chi connectivity index (χ2v) is 6.59. The number of sulfone groups is 1. The van der Waals surface area contributed by atoms with Crippen molar-refractivity contribution in [1.29, 1.82) is 0 Å². The van der Waals surface area contributed by atoms with Gasteiger partial charge in [-0.05, 0) is 18.6 Å². The zero-order valence-corrected chi connectivity index (χ0v) is 12.0. The van der Waals surface area contributed by atoms with E-state index in [1.54, 1.807) is 30.3 Å². The van der Waals surface area contributed by atoms with E-state index in [0.717, 1.165) is 6.26 Å². The van der Waals surface area contributed by atoms with Crippen molar-refractivity contribution in [3.8, 4) is 0 Å².